The van der Waals surface area contributed by atoms with Gasteiger partial charge >= 0.3 is 5.97 Å². The van der Waals surface area contributed by atoms with Gasteiger partial charge in [0, 0.05) is 23.4 Å². The van der Waals surface area contributed by atoms with Crippen molar-refractivity contribution in [2.75, 3.05) is 5.75 Å². The van der Waals surface area contributed by atoms with Crippen LogP contribution in [0.15, 0.2) is 22.4 Å². The summed E-state index contributed by atoms with van der Waals surface area (Å²) < 4.78 is 1.47. The number of carbonyl (C=O) groups excluding carboxylic acids is 1. The fraction of sp³-hybridized carbons (Fsp3) is 0.385. The second-order valence-corrected chi connectivity index (χ2v) is 6.93. The minimum absolute atomic E-state index is 0.139. The van der Waals surface area contributed by atoms with Gasteiger partial charge in [-0.15, -0.1) is 23.1 Å². The van der Waals surface area contributed by atoms with Crippen molar-refractivity contribution in [2.24, 2.45) is 0 Å². The molecule has 2 N–H and O–H groups in total. The number of carbonyl (C=O) groups is 2. The van der Waals surface area contributed by atoms with Crippen molar-refractivity contribution in [3.63, 3.8) is 0 Å². The molecule has 2 aromatic rings. The van der Waals surface area contributed by atoms with E-state index in [1.54, 1.807) is 11.6 Å². The van der Waals surface area contributed by atoms with Crippen LogP contribution in [0.5, 0.6) is 0 Å². The summed E-state index contributed by atoms with van der Waals surface area (Å²) in [6.07, 6.45) is 2.62. The maximum Gasteiger partial charge on any atom is 0.329 e. The van der Waals surface area contributed by atoms with Crippen molar-refractivity contribution in [3.8, 4) is 0 Å². The Bertz CT molecular complexity index is 794. The molecule has 7 nitrogen and oxygen atoms in total. The van der Waals surface area contributed by atoms with E-state index in [1.165, 1.54) is 33.6 Å². The van der Waals surface area contributed by atoms with E-state index in [9.17, 15) is 14.4 Å². The fourth-order valence-electron chi connectivity index (χ4n) is 2.03. The van der Waals surface area contributed by atoms with E-state index < -0.39 is 11.5 Å². The summed E-state index contributed by atoms with van der Waals surface area (Å²) in [6, 6.07) is 1.45. The van der Waals surface area contributed by atoms with Gasteiger partial charge in [-0.2, -0.15) is 0 Å². The molecule has 2 aromatic heterocycles. The summed E-state index contributed by atoms with van der Waals surface area (Å²) >= 11 is 2.68. The van der Waals surface area contributed by atoms with Gasteiger partial charge in [-0.25, -0.2) is 9.78 Å². The molecule has 0 radical (unpaired) electrons. The number of aromatic nitrogens is 2. The predicted octanol–water partition coefficient (Wildman–Crippen LogP) is 0.723. The molecule has 1 aliphatic carbocycles. The van der Waals surface area contributed by atoms with E-state index in [2.05, 4.69) is 10.3 Å². The van der Waals surface area contributed by atoms with Gasteiger partial charge in [-0.05, 0) is 12.8 Å². The zero-order valence-corrected chi connectivity index (χ0v) is 13.1. The fourth-order valence-corrected chi connectivity index (χ4v) is 3.49. The molecule has 0 atom stereocenters. The van der Waals surface area contributed by atoms with Crippen LogP contribution >= 0.6 is 23.1 Å². The lowest BCUT2D eigenvalue weighted by Crippen LogP contribution is -2.43. The van der Waals surface area contributed by atoms with E-state index in [4.69, 9.17) is 5.11 Å². The van der Waals surface area contributed by atoms with Crippen LogP contribution in [0.25, 0.3) is 4.96 Å². The average Bonchev–Trinajstić information content (AvgIpc) is 3.08. The molecule has 0 aliphatic heterocycles. The average molecular weight is 339 g/mol. The molecule has 22 heavy (non-hydrogen) atoms. The van der Waals surface area contributed by atoms with Gasteiger partial charge < -0.3 is 10.4 Å². The Morgan fingerprint density at radius 2 is 2.27 bits per heavy atom. The number of thiazole rings is 1. The molecule has 0 saturated heterocycles. The van der Waals surface area contributed by atoms with Gasteiger partial charge in [0.1, 0.15) is 5.54 Å². The zero-order valence-electron chi connectivity index (χ0n) is 11.4. The number of amides is 1. The Morgan fingerprint density at radius 1 is 1.50 bits per heavy atom. The highest BCUT2D eigenvalue weighted by atomic mass is 32.2. The molecule has 0 spiro atoms. The van der Waals surface area contributed by atoms with E-state index in [-0.39, 0.29) is 17.2 Å². The maximum absolute atomic E-state index is 11.8. The summed E-state index contributed by atoms with van der Waals surface area (Å²) in [4.78, 5) is 39.5. The topological polar surface area (TPSA) is 101 Å². The highest BCUT2D eigenvalue weighted by Crippen LogP contribution is 2.35. The molecular weight excluding hydrogens is 326 g/mol. The van der Waals surface area contributed by atoms with Crippen LogP contribution in [-0.4, -0.2) is 37.7 Å². The lowest BCUT2D eigenvalue weighted by atomic mass is 10.3. The van der Waals surface area contributed by atoms with Crippen molar-refractivity contribution in [3.05, 3.63) is 33.7 Å². The van der Waals surface area contributed by atoms with Crippen molar-refractivity contribution < 1.29 is 14.7 Å². The molecule has 3 rings (SSSR count). The number of nitrogens with one attached hydrogen (secondary N) is 1. The van der Waals surface area contributed by atoms with E-state index in [0.29, 0.717) is 29.2 Å². The first-order valence-electron chi connectivity index (χ1n) is 6.58. The number of nitrogens with zero attached hydrogens (tertiary/aromatic N) is 2. The first kappa shape index (κ1) is 15.0. The molecular formula is C13H13N3O4S2. The van der Waals surface area contributed by atoms with Crippen LogP contribution < -0.4 is 10.9 Å². The number of aliphatic carboxylic acids is 1. The summed E-state index contributed by atoms with van der Waals surface area (Å²) in [5.74, 6) is -0.722. The second kappa shape index (κ2) is 5.73. The van der Waals surface area contributed by atoms with Crippen LogP contribution in [-0.2, 0) is 15.3 Å². The second-order valence-electron chi connectivity index (χ2n) is 5.07. The number of rotatable bonds is 6. The predicted molar refractivity (Wildman–Crippen MR) is 83.2 cm³/mol. The van der Waals surface area contributed by atoms with Crippen LogP contribution in [0.3, 0.4) is 0 Å². The van der Waals surface area contributed by atoms with E-state index >= 15 is 0 Å². The number of thioether (sulfide) groups is 1. The standard InChI is InChI=1S/C13H13N3O4S2/c17-9(15-13(1-2-13)11(19)20)7-21-6-8-5-10(18)16-3-4-22-12(16)14-8/h3-5H,1-2,6-7H2,(H,15,17)(H,19,20). The largest absolute Gasteiger partial charge is 0.480 e. The van der Waals surface area contributed by atoms with Crippen molar-refractivity contribution in [2.45, 2.75) is 24.1 Å². The van der Waals surface area contributed by atoms with Gasteiger partial charge in [-0.1, -0.05) is 0 Å². The molecule has 1 aliphatic rings. The smallest absolute Gasteiger partial charge is 0.329 e. The van der Waals surface area contributed by atoms with Crippen molar-refractivity contribution in [1.82, 2.24) is 14.7 Å². The Kier molecular flexibility index (Phi) is 3.92. The summed E-state index contributed by atoms with van der Waals surface area (Å²) in [7, 11) is 0. The van der Waals surface area contributed by atoms with Crippen LogP contribution in [0, 0.1) is 0 Å². The lowest BCUT2D eigenvalue weighted by molar-refractivity contribution is -0.142. The van der Waals surface area contributed by atoms with E-state index in [0.717, 1.165) is 0 Å². The first-order valence-corrected chi connectivity index (χ1v) is 8.62. The van der Waals surface area contributed by atoms with Gasteiger partial charge in [0.2, 0.25) is 5.91 Å². The zero-order chi connectivity index (χ0) is 15.7. The molecule has 116 valence electrons. The van der Waals surface area contributed by atoms with Crippen molar-refractivity contribution in [1.29, 1.82) is 0 Å². The summed E-state index contributed by atoms with van der Waals surface area (Å²) in [6.45, 7) is 0. The van der Waals surface area contributed by atoms with Crippen LogP contribution in [0.2, 0.25) is 0 Å². The number of carboxylic acids is 1. The Labute approximate surface area is 133 Å². The minimum atomic E-state index is -1.05. The molecule has 0 unspecified atom stereocenters. The molecule has 1 amide bonds. The van der Waals surface area contributed by atoms with Gasteiger partial charge in [0.25, 0.3) is 5.56 Å². The van der Waals surface area contributed by atoms with Crippen LogP contribution in [0.1, 0.15) is 18.5 Å². The first-order chi connectivity index (χ1) is 10.5. The van der Waals surface area contributed by atoms with Gasteiger partial charge in [0.15, 0.2) is 4.96 Å². The Hall–Kier alpha value is -1.87. The summed E-state index contributed by atoms with van der Waals surface area (Å²) in [5.41, 5.74) is -0.580. The number of carboxylic acid groups (broad SMARTS) is 1. The third-order valence-corrected chi connectivity index (χ3v) is 5.10. The monoisotopic (exact) mass is 339 g/mol. The molecule has 9 heteroatoms. The molecule has 0 aromatic carbocycles. The normalized spacial score (nSPS) is 15.6. The molecule has 1 fully saturated rings. The summed E-state index contributed by atoms with van der Waals surface area (Å²) in [5, 5.41) is 13.3. The Balaban J connectivity index is 1.55. The quantitative estimate of drug-likeness (QED) is 0.804. The third-order valence-electron chi connectivity index (χ3n) is 3.38. The number of fused-ring (bicyclic) bond motifs is 1. The SMILES string of the molecule is O=C(CSCc1cc(=O)n2ccsc2n1)NC1(C(=O)O)CC1. The number of hydrogen-bond acceptors (Lipinski definition) is 6. The van der Waals surface area contributed by atoms with Gasteiger partial charge in [0.05, 0.1) is 11.4 Å². The molecule has 0 bridgehead atoms. The molecule has 2 heterocycles. The highest BCUT2D eigenvalue weighted by molar-refractivity contribution is 7.99. The minimum Gasteiger partial charge on any atom is -0.480 e. The molecule has 1 saturated carbocycles. The van der Waals surface area contributed by atoms with Crippen molar-refractivity contribution >= 4 is 39.9 Å². The third kappa shape index (κ3) is 3.00. The van der Waals surface area contributed by atoms with Crippen LogP contribution in [0.4, 0.5) is 0 Å². The number of hydrogen-bond donors (Lipinski definition) is 2. The highest BCUT2D eigenvalue weighted by Gasteiger charge is 2.51. The van der Waals surface area contributed by atoms with Gasteiger partial charge in [-0.3, -0.25) is 14.0 Å². The van der Waals surface area contributed by atoms with E-state index in [1.807, 2.05) is 0 Å². The lowest BCUT2D eigenvalue weighted by Gasteiger charge is -2.11. The Morgan fingerprint density at radius 3 is 2.95 bits per heavy atom. The maximum atomic E-state index is 11.8.